The molecular weight excluding hydrogens is 270 g/mol. The van der Waals surface area contributed by atoms with E-state index in [1.807, 2.05) is 11.8 Å². The second-order valence-electron chi connectivity index (χ2n) is 5.30. The van der Waals surface area contributed by atoms with Crippen LogP contribution in [-0.4, -0.2) is 43.4 Å². The minimum Gasteiger partial charge on any atom is -0.469 e. The summed E-state index contributed by atoms with van der Waals surface area (Å²) in [7, 11) is 1.48. The van der Waals surface area contributed by atoms with Crippen LogP contribution in [0.15, 0.2) is 29.2 Å². The van der Waals surface area contributed by atoms with E-state index in [4.69, 9.17) is 4.74 Å². The molecule has 1 heterocycles. The lowest BCUT2D eigenvalue weighted by Crippen LogP contribution is -2.37. The molecule has 0 spiro atoms. The lowest BCUT2D eigenvalue weighted by molar-refractivity contribution is -0.147. The first kappa shape index (κ1) is 15.4. The molecule has 1 fully saturated rings. The number of thioether (sulfide) groups is 1. The van der Waals surface area contributed by atoms with Crippen molar-refractivity contribution in [3.8, 4) is 0 Å². The van der Waals surface area contributed by atoms with E-state index in [0.29, 0.717) is 0 Å². The van der Waals surface area contributed by atoms with Crippen LogP contribution in [0.4, 0.5) is 0 Å². The van der Waals surface area contributed by atoms with Gasteiger partial charge in [0.2, 0.25) is 0 Å². The van der Waals surface area contributed by atoms with Gasteiger partial charge in [0.15, 0.2) is 0 Å². The highest BCUT2D eigenvalue weighted by atomic mass is 32.2. The predicted octanol–water partition coefficient (Wildman–Crippen LogP) is 2.97. The normalized spacial score (nSPS) is 17.1. The number of likely N-dealkylation sites (tertiary alicyclic amines) is 1. The van der Waals surface area contributed by atoms with Crippen molar-refractivity contribution in [2.45, 2.75) is 24.7 Å². The Morgan fingerprint density at radius 1 is 1.30 bits per heavy atom. The molecule has 0 atom stereocenters. The van der Waals surface area contributed by atoms with Crippen molar-refractivity contribution in [2.75, 3.05) is 32.5 Å². The summed E-state index contributed by atoms with van der Waals surface area (Å²) in [6.07, 6.45) is 1.86. The molecule has 1 aromatic rings. The van der Waals surface area contributed by atoms with Crippen LogP contribution in [0.25, 0.3) is 0 Å². The van der Waals surface area contributed by atoms with Crippen LogP contribution in [-0.2, 0) is 9.53 Å². The highest BCUT2D eigenvalue weighted by Crippen LogP contribution is 2.21. The molecule has 1 aliphatic heterocycles. The summed E-state index contributed by atoms with van der Waals surface area (Å²) in [6.45, 7) is 5.22. The lowest BCUT2D eigenvalue weighted by Gasteiger charge is -2.30. The zero-order chi connectivity index (χ0) is 14.4. The summed E-state index contributed by atoms with van der Waals surface area (Å²) >= 11 is 1.90. The molecule has 0 saturated carbocycles. The number of hydrogen-bond donors (Lipinski definition) is 0. The molecule has 110 valence electrons. The van der Waals surface area contributed by atoms with Crippen molar-refractivity contribution in [3.63, 3.8) is 0 Å². The van der Waals surface area contributed by atoms with E-state index < -0.39 is 0 Å². The number of rotatable bonds is 5. The van der Waals surface area contributed by atoms with Crippen LogP contribution >= 0.6 is 11.8 Å². The maximum absolute atomic E-state index is 11.5. The molecule has 3 nitrogen and oxygen atoms in total. The van der Waals surface area contributed by atoms with E-state index in [9.17, 15) is 4.79 Å². The van der Waals surface area contributed by atoms with Crippen LogP contribution in [0.2, 0.25) is 0 Å². The van der Waals surface area contributed by atoms with Crippen molar-refractivity contribution in [2.24, 2.45) is 5.92 Å². The Balaban J connectivity index is 1.66. The molecule has 0 unspecified atom stereocenters. The molecule has 0 amide bonds. The molecule has 0 radical (unpaired) electrons. The topological polar surface area (TPSA) is 29.5 Å². The van der Waals surface area contributed by atoms with Gasteiger partial charge in [-0.15, -0.1) is 11.8 Å². The Bertz CT molecular complexity index is 425. The third kappa shape index (κ3) is 4.53. The number of ether oxygens (including phenoxy) is 1. The van der Waals surface area contributed by atoms with Gasteiger partial charge in [-0.3, -0.25) is 4.79 Å². The Morgan fingerprint density at radius 2 is 1.95 bits per heavy atom. The molecule has 0 aliphatic carbocycles. The summed E-state index contributed by atoms with van der Waals surface area (Å²) in [6, 6.07) is 8.68. The summed E-state index contributed by atoms with van der Waals surface area (Å²) in [5, 5.41) is 0. The Morgan fingerprint density at radius 3 is 2.55 bits per heavy atom. The maximum Gasteiger partial charge on any atom is 0.308 e. The van der Waals surface area contributed by atoms with E-state index in [1.165, 1.54) is 17.6 Å². The molecule has 1 saturated heterocycles. The molecule has 20 heavy (non-hydrogen) atoms. The lowest BCUT2D eigenvalue weighted by atomic mass is 9.97. The third-order valence-corrected chi connectivity index (χ3v) is 4.81. The second-order valence-corrected chi connectivity index (χ2v) is 6.47. The van der Waals surface area contributed by atoms with Crippen molar-refractivity contribution in [1.29, 1.82) is 0 Å². The largest absolute Gasteiger partial charge is 0.469 e. The van der Waals surface area contributed by atoms with Gasteiger partial charge in [-0.05, 0) is 45.0 Å². The average molecular weight is 293 g/mol. The summed E-state index contributed by atoms with van der Waals surface area (Å²) in [5.74, 6) is 1.17. The molecule has 0 N–H and O–H groups in total. The molecule has 2 rings (SSSR count). The number of hydrogen-bond acceptors (Lipinski definition) is 4. The SMILES string of the molecule is COC(=O)C1CCN(CCSc2ccc(C)cc2)CC1. The van der Waals surface area contributed by atoms with Crippen molar-refractivity contribution in [1.82, 2.24) is 4.90 Å². The number of esters is 1. The summed E-state index contributed by atoms with van der Waals surface area (Å²) < 4.78 is 4.81. The number of carbonyl (C=O) groups is 1. The number of aryl methyl sites for hydroxylation is 1. The Labute approximate surface area is 125 Å². The van der Waals surface area contributed by atoms with Crippen molar-refractivity contribution in [3.05, 3.63) is 29.8 Å². The Kier molecular flexibility index (Phi) is 5.92. The van der Waals surface area contributed by atoms with Crippen molar-refractivity contribution < 1.29 is 9.53 Å². The van der Waals surface area contributed by atoms with Gasteiger partial charge in [-0.2, -0.15) is 0 Å². The van der Waals surface area contributed by atoms with E-state index >= 15 is 0 Å². The highest BCUT2D eigenvalue weighted by Gasteiger charge is 2.25. The van der Waals surface area contributed by atoms with Gasteiger partial charge >= 0.3 is 5.97 Å². The molecule has 0 bridgehead atoms. The van der Waals surface area contributed by atoms with Crippen molar-refractivity contribution >= 4 is 17.7 Å². The number of nitrogens with zero attached hydrogens (tertiary/aromatic N) is 1. The minimum absolute atomic E-state index is 0.0429. The zero-order valence-electron chi connectivity index (χ0n) is 12.3. The van der Waals surface area contributed by atoms with Gasteiger partial charge in [-0.25, -0.2) is 0 Å². The van der Waals surface area contributed by atoms with Gasteiger partial charge in [-0.1, -0.05) is 17.7 Å². The van der Waals surface area contributed by atoms with E-state index in [0.717, 1.165) is 38.2 Å². The molecule has 1 aromatic carbocycles. The van der Waals surface area contributed by atoms with Crippen LogP contribution < -0.4 is 0 Å². The van der Waals surface area contributed by atoms with Gasteiger partial charge in [0, 0.05) is 17.2 Å². The molecule has 0 aromatic heterocycles. The van der Waals surface area contributed by atoms with Gasteiger partial charge in [0.05, 0.1) is 13.0 Å². The monoisotopic (exact) mass is 293 g/mol. The Hall–Kier alpha value is -1.00. The smallest absolute Gasteiger partial charge is 0.308 e. The summed E-state index contributed by atoms with van der Waals surface area (Å²) in [5.41, 5.74) is 1.30. The predicted molar refractivity (Wildman–Crippen MR) is 83.1 cm³/mol. The van der Waals surface area contributed by atoms with Gasteiger partial charge < -0.3 is 9.64 Å². The number of methoxy groups -OCH3 is 1. The third-order valence-electron chi connectivity index (χ3n) is 3.82. The van der Waals surface area contributed by atoms with Crippen LogP contribution in [0.1, 0.15) is 18.4 Å². The number of piperidine rings is 1. The average Bonchev–Trinajstić information content (AvgIpc) is 2.49. The maximum atomic E-state index is 11.5. The van der Waals surface area contributed by atoms with Crippen LogP contribution in [0.5, 0.6) is 0 Å². The first-order valence-corrected chi connectivity index (χ1v) is 8.17. The minimum atomic E-state index is -0.0429. The first-order chi connectivity index (χ1) is 9.69. The zero-order valence-corrected chi connectivity index (χ0v) is 13.1. The number of benzene rings is 1. The fourth-order valence-corrected chi connectivity index (χ4v) is 3.40. The molecule has 1 aliphatic rings. The molecular formula is C16H23NO2S. The second kappa shape index (κ2) is 7.70. The van der Waals surface area contributed by atoms with Gasteiger partial charge in [0.1, 0.15) is 0 Å². The quantitative estimate of drug-likeness (QED) is 0.616. The van der Waals surface area contributed by atoms with E-state index in [2.05, 4.69) is 36.1 Å². The first-order valence-electron chi connectivity index (χ1n) is 7.18. The van der Waals surface area contributed by atoms with Gasteiger partial charge in [0.25, 0.3) is 0 Å². The van der Waals surface area contributed by atoms with E-state index in [1.54, 1.807) is 0 Å². The number of carbonyl (C=O) groups excluding carboxylic acids is 1. The highest BCUT2D eigenvalue weighted by molar-refractivity contribution is 7.99. The summed E-state index contributed by atoms with van der Waals surface area (Å²) in [4.78, 5) is 15.2. The fraction of sp³-hybridized carbons (Fsp3) is 0.562. The van der Waals surface area contributed by atoms with Crippen LogP contribution in [0.3, 0.4) is 0 Å². The fourth-order valence-electron chi connectivity index (χ4n) is 2.49. The molecule has 4 heteroatoms. The van der Waals surface area contributed by atoms with E-state index in [-0.39, 0.29) is 11.9 Å². The van der Waals surface area contributed by atoms with Crippen LogP contribution in [0, 0.1) is 12.8 Å². The standard InChI is InChI=1S/C16H23NO2S/c1-13-3-5-15(6-4-13)20-12-11-17-9-7-14(8-10-17)16(18)19-2/h3-6,14H,7-12H2,1-2H3.